The van der Waals surface area contributed by atoms with Crippen LogP contribution >= 0.6 is 15.9 Å². The van der Waals surface area contributed by atoms with Gasteiger partial charge in [0.15, 0.2) is 4.67 Å². The van der Waals surface area contributed by atoms with Crippen LogP contribution in [0.5, 0.6) is 0 Å². The Morgan fingerprint density at radius 2 is 2.09 bits per heavy atom. The Bertz CT molecular complexity index is 695. The Balaban J connectivity index is 1.93. The number of hydrazone groups is 1. The summed E-state index contributed by atoms with van der Waals surface area (Å²) in [7, 11) is 0. The Labute approximate surface area is 132 Å². The van der Waals surface area contributed by atoms with E-state index in [2.05, 4.69) is 26.5 Å². The van der Waals surface area contributed by atoms with Crippen LogP contribution in [0.4, 0.5) is 13.2 Å². The topological polar surface area (TPSA) is 54.6 Å². The third-order valence-electron chi connectivity index (χ3n) is 2.59. The van der Waals surface area contributed by atoms with Gasteiger partial charge in [-0.15, -0.1) is 0 Å². The summed E-state index contributed by atoms with van der Waals surface area (Å²) < 4.78 is 43.3. The van der Waals surface area contributed by atoms with Gasteiger partial charge in [0.05, 0.1) is 18.2 Å². The van der Waals surface area contributed by atoms with E-state index in [1.807, 2.05) is 0 Å². The van der Waals surface area contributed by atoms with Gasteiger partial charge in [0, 0.05) is 0 Å². The van der Waals surface area contributed by atoms with Crippen LogP contribution in [0.2, 0.25) is 0 Å². The van der Waals surface area contributed by atoms with Crippen LogP contribution in [0.3, 0.4) is 0 Å². The molecule has 0 atom stereocenters. The van der Waals surface area contributed by atoms with Crippen LogP contribution in [0, 0.1) is 0 Å². The lowest BCUT2D eigenvalue weighted by atomic mass is 10.1. The minimum atomic E-state index is -4.43. The number of furan rings is 1. The fourth-order valence-corrected chi connectivity index (χ4v) is 1.97. The standard InChI is InChI=1S/C14H10BrF3N2O2/c15-12-5-4-11(22-12)8-19-20-13(21)7-9-2-1-3-10(6-9)14(16,17)18/h1-6,8H,7H2,(H,20,21)/b19-8+. The predicted octanol–water partition coefficient (Wildman–Crippen LogP) is 3.75. The third kappa shape index (κ3) is 4.73. The number of rotatable bonds is 4. The first-order valence-electron chi connectivity index (χ1n) is 6.08. The van der Waals surface area contributed by atoms with Gasteiger partial charge in [0.2, 0.25) is 5.91 Å². The number of halogens is 4. The van der Waals surface area contributed by atoms with Gasteiger partial charge in [-0.2, -0.15) is 18.3 Å². The van der Waals surface area contributed by atoms with Crippen molar-refractivity contribution in [3.8, 4) is 0 Å². The summed E-state index contributed by atoms with van der Waals surface area (Å²) in [6.45, 7) is 0. The molecule has 0 aliphatic heterocycles. The lowest BCUT2D eigenvalue weighted by Crippen LogP contribution is -2.20. The van der Waals surface area contributed by atoms with E-state index in [0.717, 1.165) is 12.1 Å². The number of alkyl halides is 3. The fraction of sp³-hybridized carbons (Fsp3) is 0.143. The molecule has 1 aromatic carbocycles. The molecule has 0 spiro atoms. The molecule has 0 aliphatic carbocycles. The molecule has 8 heteroatoms. The van der Waals surface area contributed by atoms with Gasteiger partial charge in [-0.25, -0.2) is 5.43 Å². The second-order valence-corrected chi connectivity index (χ2v) is 5.09. The maximum atomic E-state index is 12.6. The second-order valence-electron chi connectivity index (χ2n) is 4.31. The molecule has 0 saturated heterocycles. The van der Waals surface area contributed by atoms with E-state index in [9.17, 15) is 18.0 Å². The Morgan fingerprint density at radius 1 is 1.32 bits per heavy atom. The van der Waals surface area contributed by atoms with Crippen molar-refractivity contribution in [2.75, 3.05) is 0 Å². The van der Waals surface area contributed by atoms with Crippen LogP contribution in [0.15, 0.2) is 50.6 Å². The van der Waals surface area contributed by atoms with Gasteiger partial charge >= 0.3 is 6.18 Å². The number of nitrogens with zero attached hydrogens (tertiary/aromatic N) is 1. The van der Waals surface area contributed by atoms with E-state index >= 15 is 0 Å². The average molecular weight is 375 g/mol. The highest BCUT2D eigenvalue weighted by Crippen LogP contribution is 2.29. The molecule has 0 bridgehead atoms. The van der Waals surface area contributed by atoms with Crippen LogP contribution < -0.4 is 5.43 Å². The lowest BCUT2D eigenvalue weighted by Gasteiger charge is -2.08. The van der Waals surface area contributed by atoms with Gasteiger partial charge in [-0.1, -0.05) is 18.2 Å². The zero-order valence-corrected chi connectivity index (χ0v) is 12.6. The van der Waals surface area contributed by atoms with Crippen LogP contribution in [0.1, 0.15) is 16.9 Å². The summed E-state index contributed by atoms with van der Waals surface area (Å²) in [4.78, 5) is 11.6. The first kappa shape index (κ1) is 16.3. The van der Waals surface area contributed by atoms with Crippen molar-refractivity contribution < 1.29 is 22.4 Å². The Morgan fingerprint density at radius 3 is 2.73 bits per heavy atom. The molecule has 22 heavy (non-hydrogen) atoms. The highest BCUT2D eigenvalue weighted by Gasteiger charge is 2.30. The number of carbonyl (C=O) groups is 1. The summed E-state index contributed by atoms with van der Waals surface area (Å²) in [5, 5.41) is 3.66. The van der Waals surface area contributed by atoms with Gasteiger partial charge < -0.3 is 4.42 Å². The third-order valence-corrected chi connectivity index (χ3v) is 3.02. The Hall–Kier alpha value is -2.09. The zero-order chi connectivity index (χ0) is 16.2. The molecule has 2 rings (SSSR count). The van der Waals surface area contributed by atoms with Gasteiger partial charge in [-0.05, 0) is 39.7 Å². The molecule has 116 valence electrons. The molecule has 0 radical (unpaired) electrons. The number of hydrogen-bond acceptors (Lipinski definition) is 3. The lowest BCUT2D eigenvalue weighted by molar-refractivity contribution is -0.137. The number of nitrogens with one attached hydrogen (secondary N) is 1. The summed E-state index contributed by atoms with van der Waals surface area (Å²) >= 11 is 3.11. The predicted molar refractivity (Wildman–Crippen MR) is 77.3 cm³/mol. The first-order chi connectivity index (χ1) is 10.3. The number of benzene rings is 1. The van der Waals surface area contributed by atoms with Crippen LogP contribution in [0.25, 0.3) is 0 Å². The fourth-order valence-electron chi connectivity index (χ4n) is 1.65. The van der Waals surface area contributed by atoms with Crippen molar-refractivity contribution in [2.45, 2.75) is 12.6 Å². The maximum absolute atomic E-state index is 12.6. The maximum Gasteiger partial charge on any atom is 0.416 e. The van der Waals surface area contributed by atoms with E-state index in [0.29, 0.717) is 10.4 Å². The smallest absolute Gasteiger partial charge is 0.416 e. The van der Waals surface area contributed by atoms with Crippen molar-refractivity contribution >= 4 is 28.1 Å². The molecule has 1 aromatic heterocycles. The Kier molecular flexibility index (Phi) is 5.02. The summed E-state index contributed by atoms with van der Waals surface area (Å²) in [5.74, 6) is -0.104. The molecule has 1 N–H and O–H groups in total. The van der Waals surface area contributed by atoms with E-state index in [4.69, 9.17) is 4.42 Å². The van der Waals surface area contributed by atoms with E-state index < -0.39 is 17.6 Å². The van der Waals surface area contributed by atoms with Crippen molar-refractivity contribution in [2.24, 2.45) is 5.10 Å². The second kappa shape index (κ2) is 6.78. The molecular formula is C14H10BrF3N2O2. The largest absolute Gasteiger partial charge is 0.448 e. The van der Waals surface area contributed by atoms with Crippen molar-refractivity contribution in [1.29, 1.82) is 0 Å². The number of amides is 1. The monoisotopic (exact) mass is 374 g/mol. The molecule has 0 saturated carbocycles. The molecule has 1 amide bonds. The highest BCUT2D eigenvalue weighted by molar-refractivity contribution is 9.10. The molecule has 1 heterocycles. The molecule has 0 fully saturated rings. The normalized spacial score (nSPS) is 11.8. The van der Waals surface area contributed by atoms with Gasteiger partial charge in [-0.3, -0.25) is 4.79 Å². The van der Waals surface area contributed by atoms with Crippen molar-refractivity contribution in [3.05, 3.63) is 58.0 Å². The van der Waals surface area contributed by atoms with E-state index in [1.165, 1.54) is 18.3 Å². The molecule has 0 unspecified atom stereocenters. The SMILES string of the molecule is O=C(Cc1cccc(C(F)(F)F)c1)N/N=C/c1ccc(Br)o1. The summed E-state index contributed by atoms with van der Waals surface area (Å²) in [6.07, 6.45) is -3.35. The zero-order valence-electron chi connectivity index (χ0n) is 11.0. The first-order valence-corrected chi connectivity index (χ1v) is 6.87. The van der Waals surface area contributed by atoms with Crippen LogP contribution in [-0.2, 0) is 17.4 Å². The molecule has 2 aromatic rings. The molecule has 4 nitrogen and oxygen atoms in total. The highest BCUT2D eigenvalue weighted by atomic mass is 79.9. The van der Waals surface area contributed by atoms with Crippen LogP contribution in [-0.4, -0.2) is 12.1 Å². The molecular weight excluding hydrogens is 365 g/mol. The van der Waals surface area contributed by atoms with Gasteiger partial charge in [0.1, 0.15) is 5.76 Å². The number of hydrogen-bond donors (Lipinski definition) is 1. The van der Waals surface area contributed by atoms with Crippen molar-refractivity contribution in [1.82, 2.24) is 5.43 Å². The van der Waals surface area contributed by atoms with E-state index in [-0.39, 0.29) is 12.0 Å². The summed E-state index contributed by atoms with van der Waals surface area (Å²) in [6, 6.07) is 7.89. The van der Waals surface area contributed by atoms with Crippen molar-refractivity contribution in [3.63, 3.8) is 0 Å². The summed E-state index contributed by atoms with van der Waals surface area (Å²) in [5.41, 5.74) is 1.68. The van der Waals surface area contributed by atoms with Gasteiger partial charge in [0.25, 0.3) is 0 Å². The average Bonchev–Trinajstić information content (AvgIpc) is 2.84. The van der Waals surface area contributed by atoms with E-state index in [1.54, 1.807) is 12.1 Å². The quantitative estimate of drug-likeness (QED) is 0.654. The number of carbonyl (C=O) groups excluding carboxylic acids is 1. The molecule has 0 aliphatic rings. The minimum absolute atomic E-state index is 0.205. The minimum Gasteiger partial charge on any atom is -0.448 e.